The first-order chi connectivity index (χ1) is 24.4. The topological polar surface area (TPSA) is 36.9 Å². The van der Waals surface area contributed by atoms with Crippen molar-refractivity contribution in [1.82, 2.24) is 0 Å². The summed E-state index contributed by atoms with van der Waals surface area (Å²) in [6.45, 7) is 4.50. The van der Waals surface area contributed by atoms with Crippen LogP contribution in [0.15, 0.2) is 182 Å². The Labute approximate surface area is 301 Å². The molecule has 8 heteroatoms. The lowest BCUT2D eigenvalue weighted by Crippen LogP contribution is -2.80. The predicted octanol–water partition coefficient (Wildman–Crippen LogP) is 7.21. The van der Waals surface area contributed by atoms with Gasteiger partial charge in [0.1, 0.15) is 0 Å². The van der Waals surface area contributed by atoms with E-state index < -0.39 is 34.2 Å². The minimum atomic E-state index is -3.43. The van der Waals surface area contributed by atoms with Crippen molar-refractivity contribution in [3.63, 3.8) is 0 Å². The predicted molar refractivity (Wildman–Crippen MR) is 213 cm³/mol. The molecule has 1 heterocycles. The van der Waals surface area contributed by atoms with Gasteiger partial charge >= 0.3 is 34.2 Å². The molecule has 1 fully saturated rings. The molecule has 0 saturated carbocycles. The SMILES string of the molecule is C[Si]1(CCc2ccccc2)O[Si](c2ccccc2)(c2ccccc2)O[Si](C)(CCc2ccccc2)O[Si](c2ccccc2)(c2ccccc2)O1. The van der Waals surface area contributed by atoms with Crippen molar-refractivity contribution in [2.75, 3.05) is 0 Å². The maximum Gasteiger partial charge on any atom is 0.389 e. The van der Waals surface area contributed by atoms with E-state index in [2.05, 4.69) is 195 Å². The van der Waals surface area contributed by atoms with E-state index in [0.717, 1.165) is 45.7 Å². The molecule has 1 aliphatic heterocycles. The van der Waals surface area contributed by atoms with Crippen molar-refractivity contribution in [2.45, 2.75) is 38.0 Å². The fourth-order valence-corrected chi connectivity index (χ4v) is 28.9. The quantitative estimate of drug-likeness (QED) is 0.140. The maximum atomic E-state index is 7.93. The van der Waals surface area contributed by atoms with Crippen molar-refractivity contribution in [3.05, 3.63) is 193 Å². The van der Waals surface area contributed by atoms with Gasteiger partial charge in [-0.1, -0.05) is 182 Å². The number of aryl methyl sites for hydroxylation is 2. The number of rotatable bonds is 10. The van der Waals surface area contributed by atoms with Crippen molar-refractivity contribution in [1.29, 1.82) is 0 Å². The van der Waals surface area contributed by atoms with Gasteiger partial charge in [0.05, 0.1) is 0 Å². The zero-order valence-corrected chi connectivity index (χ0v) is 32.8. The molecule has 50 heavy (non-hydrogen) atoms. The molecule has 1 aliphatic rings. The summed E-state index contributed by atoms with van der Waals surface area (Å²) in [6, 6.07) is 65.3. The monoisotopic (exact) mass is 724 g/mol. The van der Waals surface area contributed by atoms with Gasteiger partial charge in [-0.05, 0) is 69.9 Å². The molecule has 0 unspecified atom stereocenters. The van der Waals surface area contributed by atoms with Crippen LogP contribution < -0.4 is 20.7 Å². The molecule has 0 N–H and O–H groups in total. The van der Waals surface area contributed by atoms with Gasteiger partial charge in [-0.15, -0.1) is 0 Å². The molecule has 1 saturated heterocycles. The Hall–Kier alpha value is -3.97. The molecule has 6 aromatic rings. The third kappa shape index (κ3) is 7.53. The first kappa shape index (κ1) is 34.5. The van der Waals surface area contributed by atoms with E-state index in [1.165, 1.54) is 11.1 Å². The summed E-state index contributed by atoms with van der Waals surface area (Å²) >= 11 is 0. The highest BCUT2D eigenvalue weighted by Gasteiger charge is 2.62. The average molecular weight is 725 g/mol. The summed E-state index contributed by atoms with van der Waals surface area (Å²) in [5.41, 5.74) is 2.52. The number of hydrogen-bond acceptors (Lipinski definition) is 4. The molecule has 0 aromatic heterocycles. The Morgan fingerprint density at radius 2 is 0.540 bits per heavy atom. The van der Waals surface area contributed by atoms with Gasteiger partial charge < -0.3 is 16.5 Å². The minimum Gasteiger partial charge on any atom is -0.409 e. The van der Waals surface area contributed by atoms with E-state index in [1.54, 1.807) is 0 Å². The molecule has 4 nitrogen and oxygen atoms in total. The van der Waals surface area contributed by atoms with Gasteiger partial charge in [0.25, 0.3) is 0 Å². The van der Waals surface area contributed by atoms with E-state index >= 15 is 0 Å². The lowest BCUT2D eigenvalue weighted by atomic mass is 10.2. The Kier molecular flexibility index (Phi) is 10.4. The normalized spacial score (nSPS) is 21.5. The average Bonchev–Trinajstić information content (AvgIpc) is 3.17. The molecule has 0 spiro atoms. The molecule has 7 rings (SSSR count). The van der Waals surface area contributed by atoms with E-state index in [0.29, 0.717) is 0 Å². The second-order valence-corrected chi connectivity index (χ2v) is 26.9. The maximum absolute atomic E-state index is 7.93. The molecule has 0 bridgehead atoms. The summed E-state index contributed by atoms with van der Waals surface area (Å²) in [6.07, 6.45) is 1.66. The zero-order valence-electron chi connectivity index (χ0n) is 28.8. The summed E-state index contributed by atoms with van der Waals surface area (Å²) in [5, 5.41) is 4.29. The molecule has 6 aromatic carbocycles. The minimum absolute atomic E-state index is 0.745. The fourth-order valence-electron chi connectivity index (χ4n) is 6.97. The second-order valence-electron chi connectivity index (χ2n) is 13.3. The fraction of sp³-hybridized carbons (Fsp3) is 0.143. The number of hydrogen-bond donors (Lipinski definition) is 0. The van der Waals surface area contributed by atoms with Gasteiger partial charge in [0.2, 0.25) is 0 Å². The molecule has 0 aliphatic carbocycles. The van der Waals surface area contributed by atoms with Crippen LogP contribution in [0.3, 0.4) is 0 Å². The van der Waals surface area contributed by atoms with E-state index in [-0.39, 0.29) is 0 Å². The van der Waals surface area contributed by atoms with Crippen molar-refractivity contribution < 1.29 is 16.5 Å². The van der Waals surface area contributed by atoms with Crippen LogP contribution in [0.25, 0.3) is 0 Å². The van der Waals surface area contributed by atoms with Crippen molar-refractivity contribution >= 4 is 55.0 Å². The standard InChI is InChI=1S/C42H44O4Si4/c1-47(35-33-37-21-9-3-10-22-37)43-49(39-25-13-5-14-26-39,40-27-15-6-16-28-40)45-48(2,36-34-38-23-11-4-12-24-38)46-50(44-47,41-29-17-7-18-30-41)42-31-19-8-20-32-42/h3-32H,33-36H2,1-2H3. The summed E-state index contributed by atoms with van der Waals surface area (Å²) in [5.74, 6) is 0. The van der Waals surface area contributed by atoms with Gasteiger partial charge in [0.15, 0.2) is 0 Å². The Morgan fingerprint density at radius 3 is 0.780 bits per heavy atom. The largest absolute Gasteiger partial charge is 0.409 e. The Balaban J connectivity index is 1.46. The smallest absolute Gasteiger partial charge is 0.389 e. The Morgan fingerprint density at radius 1 is 0.320 bits per heavy atom. The van der Waals surface area contributed by atoms with Crippen LogP contribution in [0, 0.1) is 0 Å². The molecular formula is C42H44O4Si4. The van der Waals surface area contributed by atoms with Crippen LogP contribution >= 0.6 is 0 Å². The zero-order chi connectivity index (χ0) is 34.3. The number of benzene rings is 6. The van der Waals surface area contributed by atoms with Crippen LogP contribution in [-0.4, -0.2) is 34.2 Å². The molecule has 0 radical (unpaired) electrons. The first-order valence-corrected chi connectivity index (χ1v) is 26.2. The molecular weight excluding hydrogens is 681 g/mol. The van der Waals surface area contributed by atoms with Crippen molar-refractivity contribution in [2.24, 2.45) is 0 Å². The first-order valence-electron chi connectivity index (χ1n) is 17.5. The Bertz CT molecular complexity index is 1690. The summed E-state index contributed by atoms with van der Waals surface area (Å²) in [7, 11) is -13.2. The van der Waals surface area contributed by atoms with Crippen molar-refractivity contribution in [3.8, 4) is 0 Å². The van der Waals surface area contributed by atoms with Crippen LogP contribution in [0.4, 0.5) is 0 Å². The van der Waals surface area contributed by atoms with Crippen LogP contribution in [0.1, 0.15) is 11.1 Å². The van der Waals surface area contributed by atoms with Crippen LogP contribution in [-0.2, 0) is 29.3 Å². The van der Waals surface area contributed by atoms with Crippen LogP contribution in [0.5, 0.6) is 0 Å². The molecule has 0 amide bonds. The second kappa shape index (κ2) is 15.1. The highest BCUT2D eigenvalue weighted by molar-refractivity contribution is 7.08. The molecule has 252 valence electrons. The van der Waals surface area contributed by atoms with Gasteiger partial charge in [-0.25, -0.2) is 0 Å². The summed E-state index contributed by atoms with van der Waals surface area (Å²) < 4.78 is 31.7. The van der Waals surface area contributed by atoms with Crippen LogP contribution in [0.2, 0.25) is 25.2 Å². The van der Waals surface area contributed by atoms with E-state index in [4.69, 9.17) is 16.5 Å². The molecule has 0 atom stereocenters. The highest BCUT2D eigenvalue weighted by atomic mass is 28.5. The highest BCUT2D eigenvalue weighted by Crippen LogP contribution is 2.36. The lowest BCUT2D eigenvalue weighted by Gasteiger charge is -2.52. The van der Waals surface area contributed by atoms with E-state index in [9.17, 15) is 0 Å². The van der Waals surface area contributed by atoms with Gasteiger partial charge in [-0.3, -0.25) is 0 Å². The summed E-state index contributed by atoms with van der Waals surface area (Å²) in [4.78, 5) is 0. The van der Waals surface area contributed by atoms with Gasteiger partial charge in [0, 0.05) is 0 Å². The van der Waals surface area contributed by atoms with Gasteiger partial charge in [-0.2, -0.15) is 0 Å². The van der Waals surface area contributed by atoms with E-state index in [1.807, 2.05) is 0 Å². The third-order valence-electron chi connectivity index (χ3n) is 9.48. The third-order valence-corrected chi connectivity index (χ3v) is 27.7. The lowest BCUT2D eigenvalue weighted by molar-refractivity contribution is 0.244.